The number of benzene rings is 1. The summed E-state index contributed by atoms with van der Waals surface area (Å²) < 4.78 is 32.2. The molecule has 1 aliphatic rings. The minimum absolute atomic E-state index is 0.119. The van der Waals surface area contributed by atoms with Crippen molar-refractivity contribution >= 4 is 22.9 Å². The lowest BCUT2D eigenvalue weighted by molar-refractivity contribution is -0.111. The molecule has 2 N–H and O–H groups in total. The third kappa shape index (κ3) is 7.10. The fourth-order valence-electron chi connectivity index (χ4n) is 4.03. The molecule has 2 aromatic heterocycles. The normalized spacial score (nSPS) is 14.3. The Balaban J connectivity index is 0.00000186. The molecule has 9 heteroatoms. The Labute approximate surface area is 216 Å². The van der Waals surface area contributed by atoms with Gasteiger partial charge in [-0.2, -0.15) is 0 Å². The molecule has 1 aliphatic heterocycles. The van der Waals surface area contributed by atoms with Crippen LogP contribution in [0, 0.1) is 0 Å². The molecule has 4 rings (SSSR count). The van der Waals surface area contributed by atoms with Gasteiger partial charge in [0.2, 0.25) is 5.88 Å². The second kappa shape index (κ2) is 12.4. The van der Waals surface area contributed by atoms with Gasteiger partial charge in [-0.1, -0.05) is 26.5 Å². The lowest BCUT2D eigenvalue weighted by atomic mass is 9.97. The molecule has 1 saturated heterocycles. The van der Waals surface area contributed by atoms with Gasteiger partial charge in [-0.05, 0) is 35.4 Å². The van der Waals surface area contributed by atoms with Crippen LogP contribution in [-0.2, 0) is 11.3 Å². The second-order valence-corrected chi connectivity index (χ2v) is 8.43. The summed E-state index contributed by atoms with van der Waals surface area (Å²) >= 11 is 0. The van der Waals surface area contributed by atoms with Gasteiger partial charge < -0.3 is 15.4 Å². The fraction of sp³-hybridized carbons (Fsp3) is 0.321. The number of hydrogen-bond donors (Lipinski definition) is 2. The van der Waals surface area contributed by atoms with Crippen LogP contribution in [-0.4, -0.2) is 53.9 Å². The number of likely N-dealkylation sites (tertiary alicyclic amines) is 1. The maximum Gasteiger partial charge on any atom is 0.261 e. The lowest BCUT2D eigenvalue weighted by Gasteiger charge is -2.16. The Kier molecular flexibility index (Phi) is 9.30. The topological polar surface area (TPSA) is 79.4 Å². The number of nitrogens with one attached hydrogen (secondary N) is 2. The highest BCUT2D eigenvalue weighted by Gasteiger charge is 2.37. The molecule has 3 heterocycles. The van der Waals surface area contributed by atoms with Crippen molar-refractivity contribution in [2.75, 3.05) is 37.9 Å². The van der Waals surface area contributed by atoms with Crippen molar-refractivity contribution in [2.24, 2.45) is 0 Å². The molecular weight excluding hydrogens is 476 g/mol. The van der Waals surface area contributed by atoms with Crippen LogP contribution in [0.1, 0.15) is 31.4 Å². The maximum atomic E-state index is 13.6. The molecule has 1 amide bonds. The van der Waals surface area contributed by atoms with Gasteiger partial charge in [0, 0.05) is 67.4 Å². The van der Waals surface area contributed by atoms with Crippen LogP contribution in [0.3, 0.4) is 0 Å². The molecule has 1 aromatic carbocycles. The van der Waals surface area contributed by atoms with Gasteiger partial charge in [-0.25, -0.2) is 13.8 Å². The van der Waals surface area contributed by atoms with Crippen molar-refractivity contribution in [2.45, 2.75) is 32.7 Å². The quantitative estimate of drug-likeness (QED) is 0.379. The number of carbonyl (C=O) groups excluding carboxylic acids is 1. The number of methoxy groups -OCH3 is 1. The van der Waals surface area contributed by atoms with Crippen molar-refractivity contribution in [1.29, 1.82) is 0 Å². The third-order valence-corrected chi connectivity index (χ3v) is 5.87. The number of anilines is 2. The third-order valence-electron chi connectivity index (χ3n) is 5.87. The van der Waals surface area contributed by atoms with Crippen LogP contribution < -0.4 is 15.4 Å². The zero-order chi connectivity index (χ0) is 27.0. The van der Waals surface area contributed by atoms with E-state index in [4.69, 9.17) is 4.74 Å². The summed E-state index contributed by atoms with van der Waals surface area (Å²) in [6, 6.07) is 10.9. The van der Waals surface area contributed by atoms with Crippen molar-refractivity contribution in [3.63, 3.8) is 0 Å². The fourth-order valence-corrected chi connectivity index (χ4v) is 4.03. The first-order valence-electron chi connectivity index (χ1n) is 12.1. The zero-order valence-electron chi connectivity index (χ0n) is 21.6. The first kappa shape index (κ1) is 27.7. The molecule has 0 spiro atoms. The molecular formula is C28H33F2N5O2. The number of amides is 1. The maximum absolute atomic E-state index is 13.6. The molecule has 3 aromatic rings. The molecule has 0 unspecified atom stereocenters. The first-order valence-corrected chi connectivity index (χ1v) is 12.1. The van der Waals surface area contributed by atoms with Crippen LogP contribution in [0.5, 0.6) is 5.88 Å². The number of rotatable bonds is 8. The highest BCUT2D eigenvalue weighted by molar-refractivity contribution is 6.25. The van der Waals surface area contributed by atoms with Crippen LogP contribution in [0.2, 0.25) is 0 Å². The molecule has 7 nitrogen and oxygen atoms in total. The van der Waals surface area contributed by atoms with Crippen LogP contribution in [0.15, 0.2) is 61.6 Å². The van der Waals surface area contributed by atoms with Gasteiger partial charge in [-0.15, -0.1) is 0 Å². The van der Waals surface area contributed by atoms with E-state index in [1.54, 1.807) is 36.5 Å². The largest absolute Gasteiger partial charge is 0.481 e. The molecule has 0 saturated carbocycles. The minimum Gasteiger partial charge on any atom is -0.481 e. The Morgan fingerprint density at radius 3 is 2.54 bits per heavy atom. The number of halogens is 2. The van der Waals surface area contributed by atoms with Crippen LogP contribution >= 0.6 is 0 Å². The summed E-state index contributed by atoms with van der Waals surface area (Å²) in [6.07, 6.45) is 4.79. The summed E-state index contributed by atoms with van der Waals surface area (Å²) in [4.78, 5) is 23.0. The molecule has 37 heavy (non-hydrogen) atoms. The van der Waals surface area contributed by atoms with E-state index in [0.29, 0.717) is 30.2 Å². The van der Waals surface area contributed by atoms with E-state index in [9.17, 15) is 13.6 Å². The average Bonchev–Trinajstić information content (AvgIpc) is 3.27. The van der Waals surface area contributed by atoms with E-state index in [-0.39, 0.29) is 24.4 Å². The summed E-state index contributed by atoms with van der Waals surface area (Å²) in [7, 11) is 3.29. The Morgan fingerprint density at radius 2 is 1.92 bits per heavy atom. The highest BCUT2D eigenvalue weighted by atomic mass is 19.3. The monoisotopic (exact) mass is 509 g/mol. The Bertz CT molecular complexity index is 1230. The van der Waals surface area contributed by atoms with Gasteiger partial charge in [-0.3, -0.25) is 14.7 Å². The Hall–Kier alpha value is -3.85. The van der Waals surface area contributed by atoms with Crippen molar-refractivity contribution in [1.82, 2.24) is 14.9 Å². The number of aromatic nitrogens is 2. The van der Waals surface area contributed by atoms with Gasteiger partial charge in [0.05, 0.1) is 25.5 Å². The van der Waals surface area contributed by atoms with Crippen molar-refractivity contribution in [3.05, 3.63) is 72.7 Å². The molecule has 196 valence electrons. The molecule has 0 atom stereocenters. The Morgan fingerprint density at radius 1 is 1.14 bits per heavy atom. The molecule has 0 bridgehead atoms. The summed E-state index contributed by atoms with van der Waals surface area (Å²) in [5, 5.41) is 5.89. The van der Waals surface area contributed by atoms with E-state index in [2.05, 4.69) is 27.2 Å². The summed E-state index contributed by atoms with van der Waals surface area (Å²) in [5.74, 6) is -2.56. The first-order chi connectivity index (χ1) is 17.8. The summed E-state index contributed by atoms with van der Waals surface area (Å²) in [6.45, 7) is 8.53. The second-order valence-electron chi connectivity index (χ2n) is 8.43. The van der Waals surface area contributed by atoms with Crippen molar-refractivity contribution in [3.8, 4) is 17.0 Å². The minimum atomic E-state index is -2.63. The van der Waals surface area contributed by atoms with Gasteiger partial charge in [0.25, 0.3) is 11.8 Å². The van der Waals surface area contributed by atoms with Gasteiger partial charge >= 0.3 is 0 Å². The van der Waals surface area contributed by atoms with Gasteiger partial charge in [0.1, 0.15) is 0 Å². The standard InChI is InChI=1S/C26H27F2N5O2.C2H6/c1-17(25(34)32-21-5-7-24(35-3)31-14-21)22-11-19(4-6-23(22)29-2)20-10-18(12-30-13-20)15-33-9-8-26(27,28)16-33;1-2/h4-7,10-14,29H,1,8-9,15-16H2,2-3H3,(H,32,34);1-2H3. The van der Waals surface area contributed by atoms with E-state index in [0.717, 1.165) is 22.4 Å². The molecule has 0 radical (unpaired) electrons. The average molecular weight is 510 g/mol. The predicted octanol–water partition coefficient (Wildman–Crippen LogP) is 5.71. The van der Waals surface area contributed by atoms with Crippen LogP contribution in [0.25, 0.3) is 16.7 Å². The number of pyridine rings is 2. The highest BCUT2D eigenvalue weighted by Crippen LogP contribution is 2.31. The van der Waals surface area contributed by atoms with E-state index < -0.39 is 5.92 Å². The smallest absolute Gasteiger partial charge is 0.261 e. The number of carbonyl (C=O) groups is 1. The van der Waals surface area contributed by atoms with E-state index in [1.165, 1.54) is 13.3 Å². The van der Waals surface area contributed by atoms with E-state index >= 15 is 0 Å². The summed E-state index contributed by atoms with van der Waals surface area (Å²) in [5.41, 5.74) is 4.67. The van der Waals surface area contributed by atoms with E-state index in [1.807, 2.05) is 38.1 Å². The predicted molar refractivity (Wildman–Crippen MR) is 144 cm³/mol. The van der Waals surface area contributed by atoms with Crippen LogP contribution in [0.4, 0.5) is 20.2 Å². The number of ether oxygens (including phenoxy) is 1. The van der Waals surface area contributed by atoms with Crippen molar-refractivity contribution < 1.29 is 18.3 Å². The molecule has 0 aliphatic carbocycles. The lowest BCUT2D eigenvalue weighted by Crippen LogP contribution is -2.24. The number of alkyl halides is 2. The van der Waals surface area contributed by atoms with Gasteiger partial charge in [0.15, 0.2) is 0 Å². The molecule has 1 fully saturated rings. The SMILES string of the molecule is C=C(C(=O)Nc1ccc(OC)nc1)c1cc(-c2cncc(CN3CCC(F)(F)C3)c2)ccc1NC.CC. The number of nitrogens with zero attached hydrogens (tertiary/aromatic N) is 3. The number of hydrogen-bond acceptors (Lipinski definition) is 6. The zero-order valence-corrected chi connectivity index (χ0v) is 21.6.